The van der Waals surface area contributed by atoms with Crippen LogP contribution in [-0.4, -0.2) is 37.6 Å². The fourth-order valence-corrected chi connectivity index (χ4v) is 3.35. The van der Waals surface area contributed by atoms with E-state index in [-0.39, 0.29) is 23.4 Å². The monoisotopic (exact) mass is 350 g/mol. The van der Waals surface area contributed by atoms with Crippen LogP contribution in [0, 0.1) is 0 Å². The smallest absolute Gasteiger partial charge is 0.406 e. The van der Waals surface area contributed by atoms with Gasteiger partial charge in [-0.15, -0.1) is 0 Å². The predicted molar refractivity (Wildman–Crippen MR) is 104 cm³/mol. The fourth-order valence-electron chi connectivity index (χ4n) is 3.35. The van der Waals surface area contributed by atoms with E-state index in [1.807, 2.05) is 27.7 Å². The lowest BCUT2D eigenvalue weighted by Crippen LogP contribution is -2.41. The zero-order valence-corrected chi connectivity index (χ0v) is 17.5. The molecule has 6 heteroatoms. The van der Waals surface area contributed by atoms with Crippen LogP contribution in [0.25, 0.3) is 0 Å². The molecule has 0 amide bonds. The van der Waals surface area contributed by atoms with Crippen LogP contribution >= 0.6 is 0 Å². The van der Waals surface area contributed by atoms with Crippen molar-refractivity contribution in [2.75, 3.05) is 0 Å². The maximum Gasteiger partial charge on any atom is 0.486 e. The minimum absolute atomic E-state index is 0.0744. The van der Waals surface area contributed by atoms with Crippen LogP contribution in [0.5, 0.6) is 0 Å². The summed E-state index contributed by atoms with van der Waals surface area (Å²) < 4.78 is 25.1. The van der Waals surface area contributed by atoms with E-state index in [4.69, 9.17) is 18.6 Å². The van der Waals surface area contributed by atoms with Gasteiger partial charge in [-0.1, -0.05) is 12.0 Å². The highest BCUT2D eigenvalue weighted by Gasteiger charge is 2.55. The molecule has 25 heavy (non-hydrogen) atoms. The second kappa shape index (κ2) is 8.16. The molecule has 1 aliphatic heterocycles. The van der Waals surface area contributed by atoms with Crippen LogP contribution in [0.1, 0.15) is 87.5 Å². The minimum Gasteiger partial charge on any atom is -0.406 e. The van der Waals surface area contributed by atoms with E-state index in [0.29, 0.717) is 0 Å². The Labute approximate surface area is 155 Å². The molecule has 0 aromatic carbocycles. The van der Waals surface area contributed by atoms with Crippen molar-refractivity contribution in [1.29, 1.82) is 0 Å². The summed E-state index contributed by atoms with van der Waals surface area (Å²) in [5.41, 5.74) is 0.674. The van der Waals surface area contributed by atoms with Crippen molar-refractivity contribution < 1.29 is 18.6 Å². The lowest BCUT2D eigenvalue weighted by Gasteiger charge is -2.32. The first-order valence-electron chi connectivity index (χ1n) is 9.92. The first-order chi connectivity index (χ1) is 11.5. The fraction of sp³-hybridized carbons (Fsp3) is 0.895. The predicted octanol–water partition coefficient (Wildman–Crippen LogP) is 4.76. The zero-order valence-electron chi connectivity index (χ0n) is 17.5. The van der Waals surface area contributed by atoms with Gasteiger partial charge in [0.1, 0.15) is 0 Å². The Hall–Kier alpha value is -0.290. The van der Waals surface area contributed by atoms with Gasteiger partial charge in [-0.2, -0.15) is 0 Å². The Morgan fingerprint density at radius 2 is 1.32 bits per heavy atom. The molecule has 2 aliphatic rings. The summed E-state index contributed by atoms with van der Waals surface area (Å²) in [6, 6.07) is 0. The van der Waals surface area contributed by atoms with Crippen molar-refractivity contribution in [1.82, 2.24) is 0 Å². The van der Waals surface area contributed by atoms with Crippen LogP contribution in [0.2, 0.25) is 0 Å². The average Bonchev–Trinajstić information content (AvgIpc) is 2.66. The van der Waals surface area contributed by atoms with Gasteiger partial charge >= 0.3 is 14.2 Å². The van der Waals surface area contributed by atoms with E-state index < -0.39 is 14.2 Å². The molecule has 0 bridgehead atoms. The number of hydrogen-bond acceptors (Lipinski definition) is 4. The summed E-state index contributed by atoms with van der Waals surface area (Å²) in [7, 11) is -0.816. The zero-order chi connectivity index (χ0) is 18.8. The molecule has 0 unspecified atom stereocenters. The topological polar surface area (TPSA) is 36.9 Å². The molecule has 4 nitrogen and oxygen atoms in total. The maximum atomic E-state index is 6.38. The van der Waals surface area contributed by atoms with Crippen molar-refractivity contribution in [2.45, 2.75) is 111 Å². The van der Waals surface area contributed by atoms with Crippen LogP contribution in [0.3, 0.4) is 0 Å². The van der Waals surface area contributed by atoms with Crippen molar-refractivity contribution in [2.24, 2.45) is 0 Å². The molecule has 1 saturated carbocycles. The first-order valence-corrected chi connectivity index (χ1v) is 9.92. The quantitative estimate of drug-likeness (QED) is 0.648. The van der Waals surface area contributed by atoms with Crippen molar-refractivity contribution in [3.63, 3.8) is 0 Å². The lowest BCUT2D eigenvalue weighted by atomic mass is 9.54. The van der Waals surface area contributed by atoms with Crippen LogP contribution in [-0.2, 0) is 18.6 Å². The standard InChI is InChI=1S/C19H36B2O4/c1-14(2)22-20(23-15(3)4)17(16-12-10-9-11-13-16)21-24-18(5,6)19(7,8)25-21/h14-15H,9-13H2,1-8H3. The Bertz CT molecular complexity index is 448. The van der Waals surface area contributed by atoms with Gasteiger partial charge in [-0.05, 0) is 86.4 Å². The third kappa shape index (κ3) is 5.12. The normalized spacial score (nSPS) is 22.8. The van der Waals surface area contributed by atoms with E-state index in [0.717, 1.165) is 18.2 Å². The van der Waals surface area contributed by atoms with Crippen LogP contribution in [0.15, 0.2) is 10.9 Å². The van der Waals surface area contributed by atoms with Gasteiger partial charge in [0.2, 0.25) is 0 Å². The third-order valence-electron chi connectivity index (χ3n) is 5.42. The van der Waals surface area contributed by atoms with Crippen LogP contribution in [0.4, 0.5) is 0 Å². The Kier molecular flexibility index (Phi) is 6.86. The van der Waals surface area contributed by atoms with Crippen LogP contribution < -0.4 is 0 Å². The van der Waals surface area contributed by atoms with E-state index in [1.54, 1.807) is 0 Å². The van der Waals surface area contributed by atoms with Gasteiger partial charge in [0, 0.05) is 12.2 Å². The average molecular weight is 350 g/mol. The second-order valence-corrected chi connectivity index (χ2v) is 8.91. The highest BCUT2D eigenvalue weighted by atomic mass is 16.7. The molecule has 0 aromatic rings. The highest BCUT2D eigenvalue weighted by Crippen LogP contribution is 2.41. The molecule has 0 atom stereocenters. The first kappa shape index (κ1) is 21.0. The molecule has 2 fully saturated rings. The van der Waals surface area contributed by atoms with Gasteiger partial charge in [-0.25, -0.2) is 0 Å². The third-order valence-corrected chi connectivity index (χ3v) is 5.42. The van der Waals surface area contributed by atoms with Crippen molar-refractivity contribution in [3.8, 4) is 0 Å². The lowest BCUT2D eigenvalue weighted by molar-refractivity contribution is 0.00578. The molecular formula is C19H36B2O4. The van der Waals surface area contributed by atoms with Crippen molar-refractivity contribution in [3.05, 3.63) is 10.9 Å². The van der Waals surface area contributed by atoms with Gasteiger partial charge in [0.25, 0.3) is 0 Å². The summed E-state index contributed by atoms with van der Waals surface area (Å²) >= 11 is 0. The summed E-state index contributed by atoms with van der Waals surface area (Å²) in [5.74, 6) is 0. The summed E-state index contributed by atoms with van der Waals surface area (Å²) in [6.45, 7) is 16.6. The second-order valence-electron chi connectivity index (χ2n) is 8.91. The van der Waals surface area contributed by atoms with E-state index in [9.17, 15) is 0 Å². The maximum absolute atomic E-state index is 6.38. The molecule has 142 valence electrons. The number of hydrogen-bond donors (Lipinski definition) is 0. The Morgan fingerprint density at radius 1 is 0.880 bits per heavy atom. The van der Waals surface area contributed by atoms with E-state index in [1.165, 1.54) is 24.8 Å². The number of rotatable bonds is 6. The van der Waals surface area contributed by atoms with E-state index >= 15 is 0 Å². The molecule has 0 aromatic heterocycles. The SMILES string of the molecule is CC(C)OB(OC(C)C)C(B1OC(C)(C)C(C)(C)O1)=C1CCCCC1. The molecule has 0 spiro atoms. The molecule has 2 rings (SSSR count). The highest BCUT2D eigenvalue weighted by molar-refractivity contribution is 6.78. The van der Waals surface area contributed by atoms with E-state index in [2.05, 4.69) is 27.7 Å². The van der Waals surface area contributed by atoms with Gasteiger partial charge in [-0.3, -0.25) is 0 Å². The molecule has 0 N–H and O–H groups in total. The molecule has 1 aliphatic carbocycles. The van der Waals surface area contributed by atoms with Gasteiger partial charge < -0.3 is 18.6 Å². The summed E-state index contributed by atoms with van der Waals surface area (Å²) in [6.07, 6.45) is 6.04. The minimum atomic E-state index is -0.414. The Balaban J connectivity index is 2.39. The molecular weight excluding hydrogens is 314 g/mol. The molecule has 0 radical (unpaired) electrons. The summed E-state index contributed by atoms with van der Waals surface area (Å²) in [5, 5.41) is 1.07. The van der Waals surface area contributed by atoms with Gasteiger partial charge in [0.15, 0.2) is 0 Å². The largest absolute Gasteiger partial charge is 0.486 e. The van der Waals surface area contributed by atoms with Gasteiger partial charge in [0.05, 0.1) is 11.2 Å². The Morgan fingerprint density at radius 3 is 1.72 bits per heavy atom. The molecule has 1 saturated heterocycles. The van der Waals surface area contributed by atoms with Crippen molar-refractivity contribution >= 4 is 14.2 Å². The number of allylic oxidation sites excluding steroid dienone is 1. The summed E-state index contributed by atoms with van der Waals surface area (Å²) in [4.78, 5) is 0. The molecule has 1 heterocycles.